The van der Waals surface area contributed by atoms with Crippen LogP contribution in [-0.2, 0) is 6.42 Å². The monoisotopic (exact) mass is 354 g/mol. The summed E-state index contributed by atoms with van der Waals surface area (Å²) in [5, 5.41) is 3.68. The summed E-state index contributed by atoms with van der Waals surface area (Å²) in [4.78, 5) is 4.59. The van der Waals surface area contributed by atoms with Crippen molar-refractivity contribution in [3.8, 4) is 0 Å². The molecule has 0 aromatic carbocycles. The van der Waals surface area contributed by atoms with Gasteiger partial charge in [-0.2, -0.15) is 0 Å². The van der Waals surface area contributed by atoms with Gasteiger partial charge in [0.05, 0.1) is 0 Å². The highest BCUT2D eigenvalue weighted by atomic mass is 79.9. The molecule has 2 nitrogen and oxygen atoms in total. The van der Waals surface area contributed by atoms with Crippen LogP contribution in [0.1, 0.15) is 59.1 Å². The van der Waals surface area contributed by atoms with Gasteiger partial charge in [-0.1, -0.05) is 40.5 Å². The number of aromatic nitrogens is 1. The molecule has 1 atom stereocenters. The van der Waals surface area contributed by atoms with E-state index in [-0.39, 0.29) is 0 Å². The fourth-order valence-electron chi connectivity index (χ4n) is 2.74. The van der Waals surface area contributed by atoms with Crippen LogP contribution in [0.15, 0.2) is 22.8 Å². The molecule has 0 bridgehead atoms. The molecule has 0 aliphatic carbocycles. The first-order valence-corrected chi connectivity index (χ1v) is 9.12. The molecule has 1 aromatic heterocycles. The molecule has 0 fully saturated rings. The number of hydrogen-bond donors (Lipinski definition) is 1. The minimum Gasteiger partial charge on any atom is -0.316 e. The summed E-state index contributed by atoms with van der Waals surface area (Å²) in [7, 11) is 0. The number of unbranched alkanes of at least 4 members (excludes halogenated alkanes) is 1. The van der Waals surface area contributed by atoms with Crippen LogP contribution in [0.4, 0.5) is 0 Å². The second kappa shape index (κ2) is 9.58. The molecule has 0 spiro atoms. The molecule has 21 heavy (non-hydrogen) atoms. The average Bonchev–Trinajstić information content (AvgIpc) is 2.46. The second-order valence-corrected chi connectivity index (χ2v) is 7.54. The molecule has 1 N–H and O–H groups in total. The molecule has 0 saturated carbocycles. The van der Waals surface area contributed by atoms with Crippen molar-refractivity contribution >= 4 is 15.9 Å². The average molecular weight is 355 g/mol. The summed E-state index contributed by atoms with van der Waals surface area (Å²) in [6, 6.07) is 4.26. The molecule has 0 radical (unpaired) electrons. The topological polar surface area (TPSA) is 24.9 Å². The lowest BCUT2D eigenvalue weighted by atomic mass is 9.76. The minimum absolute atomic E-state index is 0.339. The molecule has 120 valence electrons. The number of hydrogen-bond acceptors (Lipinski definition) is 2. The lowest BCUT2D eigenvalue weighted by Crippen LogP contribution is -2.37. The zero-order valence-corrected chi connectivity index (χ0v) is 15.7. The summed E-state index contributed by atoms with van der Waals surface area (Å²) in [5.74, 6) is 0.705. The van der Waals surface area contributed by atoms with E-state index in [1.807, 2.05) is 6.20 Å². The third kappa shape index (κ3) is 6.92. The smallest absolute Gasteiger partial charge is 0.0413 e. The van der Waals surface area contributed by atoms with Crippen molar-refractivity contribution in [1.29, 1.82) is 0 Å². The fraction of sp³-hybridized carbons (Fsp3) is 0.722. The molecular formula is C18H31BrN2. The van der Waals surface area contributed by atoms with Gasteiger partial charge in [-0.15, -0.1) is 0 Å². The lowest BCUT2D eigenvalue weighted by molar-refractivity contribution is 0.224. The molecular weight excluding hydrogens is 324 g/mol. The molecule has 0 saturated heterocycles. The van der Waals surface area contributed by atoms with Crippen molar-refractivity contribution in [2.24, 2.45) is 11.3 Å². The van der Waals surface area contributed by atoms with Crippen LogP contribution in [0, 0.1) is 11.3 Å². The fourth-order valence-corrected chi connectivity index (χ4v) is 2.97. The first-order valence-electron chi connectivity index (χ1n) is 8.32. The van der Waals surface area contributed by atoms with E-state index in [4.69, 9.17) is 0 Å². The first-order chi connectivity index (χ1) is 10.0. The lowest BCUT2D eigenvalue weighted by Gasteiger charge is -2.33. The molecule has 0 aliphatic heterocycles. The van der Waals surface area contributed by atoms with Gasteiger partial charge in [0.25, 0.3) is 0 Å². The third-order valence-electron chi connectivity index (χ3n) is 4.21. The van der Waals surface area contributed by atoms with Gasteiger partial charge in [0.1, 0.15) is 0 Å². The Bertz CT molecular complexity index is 389. The van der Waals surface area contributed by atoms with Crippen molar-refractivity contribution in [2.75, 3.05) is 13.1 Å². The third-order valence-corrected chi connectivity index (χ3v) is 4.68. The summed E-state index contributed by atoms with van der Waals surface area (Å²) in [6.07, 6.45) is 8.03. The van der Waals surface area contributed by atoms with Gasteiger partial charge in [-0.3, -0.25) is 4.98 Å². The molecule has 1 unspecified atom stereocenters. The zero-order valence-electron chi connectivity index (χ0n) is 14.1. The van der Waals surface area contributed by atoms with Crippen LogP contribution in [0.3, 0.4) is 0 Å². The predicted molar refractivity (Wildman–Crippen MR) is 95.6 cm³/mol. The Balaban J connectivity index is 2.75. The number of nitrogens with zero attached hydrogens (tertiary/aromatic N) is 1. The zero-order chi connectivity index (χ0) is 15.7. The predicted octanol–water partition coefficient (Wildman–Crippen LogP) is 5.22. The van der Waals surface area contributed by atoms with Crippen LogP contribution in [0.5, 0.6) is 0 Å². The normalized spacial score (nSPS) is 14.4. The Hall–Kier alpha value is -0.410. The van der Waals surface area contributed by atoms with E-state index < -0.39 is 0 Å². The number of nitrogens with one attached hydrogen (secondary N) is 1. The quantitative estimate of drug-likeness (QED) is 0.622. The maximum absolute atomic E-state index is 4.59. The van der Waals surface area contributed by atoms with E-state index >= 15 is 0 Å². The van der Waals surface area contributed by atoms with E-state index in [2.05, 4.69) is 66.1 Å². The van der Waals surface area contributed by atoms with Crippen molar-refractivity contribution in [2.45, 2.75) is 59.8 Å². The molecule has 1 aromatic rings. The maximum atomic E-state index is 4.59. The Morgan fingerprint density at radius 3 is 2.57 bits per heavy atom. The van der Waals surface area contributed by atoms with Gasteiger partial charge in [0.15, 0.2) is 0 Å². The Morgan fingerprint density at radius 2 is 2.05 bits per heavy atom. The van der Waals surface area contributed by atoms with E-state index in [1.165, 1.54) is 31.4 Å². The molecule has 0 aliphatic rings. The molecule has 3 heteroatoms. The van der Waals surface area contributed by atoms with Gasteiger partial charge in [-0.25, -0.2) is 0 Å². The number of pyridine rings is 1. The van der Waals surface area contributed by atoms with Crippen LogP contribution < -0.4 is 5.32 Å². The van der Waals surface area contributed by atoms with Gasteiger partial charge >= 0.3 is 0 Å². The molecule has 1 rings (SSSR count). The van der Waals surface area contributed by atoms with Crippen molar-refractivity contribution < 1.29 is 0 Å². The minimum atomic E-state index is 0.339. The Labute approximate surface area is 139 Å². The largest absolute Gasteiger partial charge is 0.316 e. The van der Waals surface area contributed by atoms with Gasteiger partial charge in [-0.05, 0) is 65.2 Å². The highest BCUT2D eigenvalue weighted by Crippen LogP contribution is 2.32. The number of halogens is 1. The Kier molecular flexibility index (Phi) is 8.50. The van der Waals surface area contributed by atoms with E-state index in [0.29, 0.717) is 11.3 Å². The van der Waals surface area contributed by atoms with E-state index in [0.717, 1.165) is 24.0 Å². The van der Waals surface area contributed by atoms with Crippen molar-refractivity contribution in [1.82, 2.24) is 10.3 Å². The molecule has 1 heterocycles. The van der Waals surface area contributed by atoms with Crippen LogP contribution >= 0.6 is 15.9 Å². The number of rotatable bonds is 10. The van der Waals surface area contributed by atoms with Crippen LogP contribution in [-0.4, -0.2) is 18.1 Å². The SMILES string of the molecule is CCCCC(CC)(CNCC(C)C)Cc1ccc(Br)cn1. The van der Waals surface area contributed by atoms with Gasteiger partial charge in [0.2, 0.25) is 0 Å². The van der Waals surface area contributed by atoms with E-state index in [9.17, 15) is 0 Å². The Morgan fingerprint density at radius 1 is 1.29 bits per heavy atom. The highest BCUT2D eigenvalue weighted by Gasteiger charge is 2.28. The van der Waals surface area contributed by atoms with Crippen molar-refractivity contribution in [3.05, 3.63) is 28.5 Å². The highest BCUT2D eigenvalue weighted by molar-refractivity contribution is 9.10. The summed E-state index contributed by atoms with van der Waals surface area (Å²) in [6.45, 7) is 11.3. The molecule has 0 amide bonds. The summed E-state index contributed by atoms with van der Waals surface area (Å²) < 4.78 is 1.06. The first kappa shape index (κ1) is 18.6. The van der Waals surface area contributed by atoms with E-state index in [1.54, 1.807) is 0 Å². The maximum Gasteiger partial charge on any atom is 0.0413 e. The van der Waals surface area contributed by atoms with Gasteiger partial charge in [0, 0.05) is 22.9 Å². The van der Waals surface area contributed by atoms with Gasteiger partial charge < -0.3 is 5.32 Å². The van der Waals surface area contributed by atoms with Crippen molar-refractivity contribution in [3.63, 3.8) is 0 Å². The summed E-state index contributed by atoms with van der Waals surface area (Å²) >= 11 is 3.47. The second-order valence-electron chi connectivity index (χ2n) is 6.63. The van der Waals surface area contributed by atoms with Crippen LogP contribution in [0.25, 0.3) is 0 Å². The summed E-state index contributed by atoms with van der Waals surface area (Å²) in [5.41, 5.74) is 1.55. The van der Waals surface area contributed by atoms with Crippen LogP contribution in [0.2, 0.25) is 0 Å². The standard InChI is InChI=1S/C18H31BrN2/c1-5-7-10-18(6-2,14-20-12-15(3)4)11-17-9-8-16(19)13-21-17/h8-9,13,15,20H,5-7,10-12,14H2,1-4H3.